The number of carbonyl (C=O) groups excluding carboxylic acids is 1. The van der Waals surface area contributed by atoms with E-state index in [2.05, 4.69) is 25.8 Å². The molecular weight excluding hydrogens is 356 g/mol. The third-order valence-electron chi connectivity index (χ3n) is 5.21. The van der Waals surface area contributed by atoms with Crippen LogP contribution in [0.1, 0.15) is 36.2 Å². The summed E-state index contributed by atoms with van der Waals surface area (Å²) in [4.78, 5) is 16.3. The Labute approximate surface area is 162 Å². The third-order valence-corrected chi connectivity index (χ3v) is 5.21. The van der Waals surface area contributed by atoms with Gasteiger partial charge in [-0.1, -0.05) is 6.07 Å². The van der Waals surface area contributed by atoms with E-state index in [0.29, 0.717) is 5.95 Å². The summed E-state index contributed by atoms with van der Waals surface area (Å²) in [5.41, 5.74) is 13.3. The molecule has 0 bridgehead atoms. The Morgan fingerprint density at radius 1 is 1.18 bits per heavy atom. The molecule has 3 aromatic rings. The first kappa shape index (κ1) is 18.2. The van der Waals surface area contributed by atoms with Gasteiger partial charge in [-0.05, 0) is 43.9 Å². The van der Waals surface area contributed by atoms with E-state index >= 15 is 0 Å². The SMILES string of the molecule is Cn1ccc2c(Nc3nc(N[C@H]4CC[C@H](N)CC4)nnc3C(N)=O)cccc21. The molecule has 0 saturated heterocycles. The fraction of sp³-hybridized carbons (Fsp3) is 0.368. The van der Waals surface area contributed by atoms with E-state index in [1.54, 1.807) is 0 Å². The quantitative estimate of drug-likeness (QED) is 0.530. The molecule has 1 saturated carbocycles. The number of carbonyl (C=O) groups is 1. The van der Waals surface area contributed by atoms with Crippen LogP contribution in [0.3, 0.4) is 0 Å². The van der Waals surface area contributed by atoms with Crippen molar-refractivity contribution >= 4 is 34.3 Å². The lowest BCUT2D eigenvalue weighted by molar-refractivity contribution is 0.0995. The smallest absolute Gasteiger partial charge is 0.273 e. The molecule has 2 heterocycles. The normalized spacial score (nSPS) is 19.5. The van der Waals surface area contributed by atoms with E-state index < -0.39 is 5.91 Å². The number of hydrogen-bond donors (Lipinski definition) is 4. The molecule has 1 aliphatic carbocycles. The third kappa shape index (κ3) is 3.61. The molecule has 0 aliphatic heterocycles. The van der Waals surface area contributed by atoms with E-state index in [1.807, 2.05) is 42.1 Å². The molecule has 1 fully saturated rings. The molecule has 0 radical (unpaired) electrons. The number of benzene rings is 1. The number of fused-ring (bicyclic) bond motifs is 1. The van der Waals surface area contributed by atoms with E-state index in [1.165, 1.54) is 0 Å². The van der Waals surface area contributed by atoms with Crippen molar-refractivity contribution in [2.75, 3.05) is 10.6 Å². The topological polar surface area (TPSA) is 137 Å². The van der Waals surface area contributed by atoms with Gasteiger partial charge in [-0.15, -0.1) is 10.2 Å². The van der Waals surface area contributed by atoms with Crippen LogP contribution in [0.25, 0.3) is 10.9 Å². The van der Waals surface area contributed by atoms with Crippen LogP contribution in [0.4, 0.5) is 17.5 Å². The molecule has 28 heavy (non-hydrogen) atoms. The first-order chi connectivity index (χ1) is 13.5. The Morgan fingerprint density at radius 3 is 2.71 bits per heavy atom. The molecule has 9 heteroatoms. The standard InChI is InChI=1S/C19H24N8O/c1-27-10-9-13-14(3-2-4-15(13)27)23-18-16(17(21)28)25-26-19(24-18)22-12-7-5-11(20)6-8-12/h2-4,9-12H,5-8,20H2,1H3,(H2,21,28)(H2,22,23,24,26)/t11-,12-. The van der Waals surface area contributed by atoms with E-state index in [0.717, 1.165) is 42.3 Å². The Balaban J connectivity index is 1.63. The molecule has 2 aromatic heterocycles. The van der Waals surface area contributed by atoms with Gasteiger partial charge >= 0.3 is 0 Å². The van der Waals surface area contributed by atoms with Crippen LogP contribution >= 0.6 is 0 Å². The minimum absolute atomic E-state index is 0.00384. The maximum Gasteiger partial charge on any atom is 0.273 e. The van der Waals surface area contributed by atoms with Crippen molar-refractivity contribution in [3.05, 3.63) is 36.2 Å². The largest absolute Gasteiger partial charge is 0.364 e. The number of nitrogens with zero attached hydrogens (tertiary/aromatic N) is 4. The van der Waals surface area contributed by atoms with Crippen molar-refractivity contribution in [3.63, 3.8) is 0 Å². The van der Waals surface area contributed by atoms with Crippen LogP contribution in [-0.4, -0.2) is 37.7 Å². The second kappa shape index (κ2) is 7.43. The zero-order valence-corrected chi connectivity index (χ0v) is 15.7. The van der Waals surface area contributed by atoms with Crippen molar-refractivity contribution in [1.82, 2.24) is 19.7 Å². The van der Waals surface area contributed by atoms with Gasteiger partial charge in [-0.2, -0.15) is 4.98 Å². The molecule has 1 aromatic carbocycles. The predicted molar refractivity (Wildman–Crippen MR) is 108 cm³/mol. The Hall–Kier alpha value is -3.20. The number of nitrogens with one attached hydrogen (secondary N) is 2. The van der Waals surface area contributed by atoms with Gasteiger partial charge in [0, 0.05) is 41.9 Å². The van der Waals surface area contributed by atoms with Gasteiger partial charge in [-0.25, -0.2) is 0 Å². The lowest BCUT2D eigenvalue weighted by atomic mass is 9.92. The van der Waals surface area contributed by atoms with Crippen LogP contribution in [-0.2, 0) is 7.05 Å². The average molecular weight is 380 g/mol. The highest BCUT2D eigenvalue weighted by Crippen LogP contribution is 2.28. The molecule has 6 N–H and O–H groups in total. The first-order valence-corrected chi connectivity index (χ1v) is 9.39. The van der Waals surface area contributed by atoms with Gasteiger partial charge in [0.25, 0.3) is 5.91 Å². The number of nitrogens with two attached hydrogens (primary N) is 2. The monoisotopic (exact) mass is 380 g/mol. The fourth-order valence-corrected chi connectivity index (χ4v) is 3.63. The molecule has 0 unspecified atom stereocenters. The van der Waals surface area contributed by atoms with Crippen LogP contribution < -0.4 is 22.1 Å². The van der Waals surface area contributed by atoms with Gasteiger partial charge in [0.1, 0.15) is 0 Å². The van der Waals surface area contributed by atoms with Crippen molar-refractivity contribution < 1.29 is 4.79 Å². The maximum absolute atomic E-state index is 11.8. The van der Waals surface area contributed by atoms with Crippen LogP contribution in [0.5, 0.6) is 0 Å². The van der Waals surface area contributed by atoms with Gasteiger partial charge in [0.05, 0.1) is 0 Å². The minimum Gasteiger partial charge on any atom is -0.364 e. The summed E-state index contributed by atoms with van der Waals surface area (Å²) in [7, 11) is 1.98. The van der Waals surface area contributed by atoms with Gasteiger partial charge in [-0.3, -0.25) is 4.79 Å². The fourth-order valence-electron chi connectivity index (χ4n) is 3.63. The minimum atomic E-state index is -0.682. The summed E-state index contributed by atoms with van der Waals surface area (Å²) in [6.07, 6.45) is 5.81. The molecule has 1 aliphatic rings. The van der Waals surface area contributed by atoms with Gasteiger partial charge < -0.3 is 26.7 Å². The van der Waals surface area contributed by atoms with Gasteiger partial charge in [0.2, 0.25) is 5.95 Å². The summed E-state index contributed by atoms with van der Waals surface area (Å²) in [5.74, 6) is -0.0278. The van der Waals surface area contributed by atoms with Crippen molar-refractivity contribution in [2.24, 2.45) is 18.5 Å². The second-order valence-electron chi connectivity index (χ2n) is 7.24. The van der Waals surface area contributed by atoms with E-state index in [4.69, 9.17) is 11.5 Å². The number of amides is 1. The number of hydrogen-bond acceptors (Lipinski definition) is 7. The first-order valence-electron chi connectivity index (χ1n) is 9.39. The van der Waals surface area contributed by atoms with E-state index in [-0.39, 0.29) is 23.6 Å². The van der Waals surface area contributed by atoms with Crippen LogP contribution in [0.2, 0.25) is 0 Å². The van der Waals surface area contributed by atoms with Gasteiger partial charge in [0.15, 0.2) is 11.5 Å². The van der Waals surface area contributed by atoms with Crippen molar-refractivity contribution in [1.29, 1.82) is 0 Å². The Kier molecular flexibility index (Phi) is 4.82. The predicted octanol–water partition coefficient (Wildman–Crippen LogP) is 1.89. The molecule has 0 spiro atoms. The summed E-state index contributed by atoms with van der Waals surface area (Å²) < 4.78 is 2.02. The van der Waals surface area contributed by atoms with Crippen molar-refractivity contribution in [2.45, 2.75) is 37.8 Å². The molecule has 4 rings (SSSR count). The highest BCUT2D eigenvalue weighted by Gasteiger charge is 2.21. The summed E-state index contributed by atoms with van der Waals surface area (Å²) >= 11 is 0. The zero-order chi connectivity index (χ0) is 19.7. The maximum atomic E-state index is 11.8. The molecule has 9 nitrogen and oxygen atoms in total. The highest BCUT2D eigenvalue weighted by molar-refractivity contribution is 5.99. The van der Waals surface area contributed by atoms with Crippen molar-refractivity contribution in [3.8, 4) is 0 Å². The number of aromatic nitrogens is 4. The Bertz CT molecular complexity index is 1010. The number of rotatable bonds is 5. The number of anilines is 3. The zero-order valence-electron chi connectivity index (χ0n) is 15.7. The summed E-state index contributed by atoms with van der Waals surface area (Å²) in [6, 6.07) is 8.39. The molecule has 1 amide bonds. The number of primary amides is 1. The Morgan fingerprint density at radius 2 is 1.96 bits per heavy atom. The highest BCUT2D eigenvalue weighted by atomic mass is 16.1. The molecule has 146 valence electrons. The summed E-state index contributed by atoms with van der Waals surface area (Å²) in [6.45, 7) is 0. The molecular formula is C19H24N8O. The second-order valence-corrected chi connectivity index (χ2v) is 7.24. The lowest BCUT2D eigenvalue weighted by Gasteiger charge is -2.26. The average Bonchev–Trinajstić information content (AvgIpc) is 3.06. The van der Waals surface area contributed by atoms with Crippen LogP contribution in [0, 0.1) is 0 Å². The summed E-state index contributed by atoms with van der Waals surface area (Å²) in [5, 5.41) is 15.5. The lowest BCUT2D eigenvalue weighted by Crippen LogP contribution is -2.33. The molecule has 0 atom stereocenters. The van der Waals surface area contributed by atoms with E-state index in [9.17, 15) is 4.79 Å². The van der Waals surface area contributed by atoms with Crippen LogP contribution in [0.15, 0.2) is 30.5 Å². The number of aryl methyl sites for hydroxylation is 1.